The van der Waals surface area contributed by atoms with Crippen LogP contribution in [0.2, 0.25) is 0 Å². The predicted octanol–water partition coefficient (Wildman–Crippen LogP) is 3.74. The second-order valence-electron chi connectivity index (χ2n) is 6.25. The molecule has 122 valence electrons. The van der Waals surface area contributed by atoms with Gasteiger partial charge in [0.1, 0.15) is 12.4 Å². The minimum atomic E-state index is 0.0440. The summed E-state index contributed by atoms with van der Waals surface area (Å²) in [5.41, 5.74) is 3.42. The fraction of sp³-hybridized carbons (Fsp3) is 0.400. The van der Waals surface area contributed by atoms with E-state index in [1.54, 1.807) is 0 Å². The second-order valence-corrected chi connectivity index (χ2v) is 6.25. The summed E-state index contributed by atoms with van der Waals surface area (Å²) in [7, 11) is 0. The van der Waals surface area contributed by atoms with Crippen molar-refractivity contribution in [2.45, 2.75) is 39.0 Å². The van der Waals surface area contributed by atoms with Crippen LogP contribution in [0.25, 0.3) is 0 Å². The number of rotatable bonds is 6. The Hall–Kier alpha value is -1.84. The monoisotopic (exact) mass is 311 g/mol. The maximum Gasteiger partial charge on any atom is 0.120 e. The van der Waals surface area contributed by atoms with Gasteiger partial charge in [0.2, 0.25) is 0 Å². The van der Waals surface area contributed by atoms with Gasteiger partial charge in [0.05, 0.1) is 6.61 Å². The molecule has 0 radical (unpaired) electrons. The second kappa shape index (κ2) is 8.14. The standard InChI is InChI=1S/C20H25NO2/c22-15-19-5-4-6-20(13-19)23-16-18-9-7-17(8-10-18)14-21-11-2-1-3-12-21/h4-10,13,22H,1-3,11-12,14-16H2. The fourth-order valence-corrected chi connectivity index (χ4v) is 3.02. The minimum absolute atomic E-state index is 0.0440. The summed E-state index contributed by atoms with van der Waals surface area (Å²) in [6, 6.07) is 16.3. The summed E-state index contributed by atoms with van der Waals surface area (Å²) in [5, 5.41) is 9.15. The van der Waals surface area contributed by atoms with Crippen molar-refractivity contribution in [1.82, 2.24) is 4.90 Å². The third kappa shape index (κ3) is 4.81. The third-order valence-electron chi connectivity index (χ3n) is 4.36. The Bertz CT molecular complexity index is 603. The van der Waals surface area contributed by atoms with Crippen LogP contribution in [0, 0.1) is 0 Å². The summed E-state index contributed by atoms with van der Waals surface area (Å²) in [5.74, 6) is 0.800. The molecule has 23 heavy (non-hydrogen) atoms. The van der Waals surface area contributed by atoms with E-state index in [2.05, 4.69) is 29.2 Å². The first-order valence-electron chi connectivity index (χ1n) is 8.46. The van der Waals surface area contributed by atoms with Gasteiger partial charge in [-0.15, -0.1) is 0 Å². The number of ether oxygens (including phenoxy) is 1. The van der Waals surface area contributed by atoms with Crippen LogP contribution in [0.5, 0.6) is 5.75 Å². The SMILES string of the molecule is OCc1cccc(OCc2ccc(CN3CCCCC3)cc2)c1. The first-order valence-corrected chi connectivity index (χ1v) is 8.46. The number of hydrogen-bond acceptors (Lipinski definition) is 3. The molecule has 3 nitrogen and oxygen atoms in total. The molecule has 0 saturated carbocycles. The van der Waals surface area contributed by atoms with Crippen LogP contribution in [-0.4, -0.2) is 23.1 Å². The minimum Gasteiger partial charge on any atom is -0.489 e. The van der Waals surface area contributed by atoms with E-state index in [9.17, 15) is 0 Å². The predicted molar refractivity (Wildman–Crippen MR) is 92.3 cm³/mol. The van der Waals surface area contributed by atoms with Crippen molar-refractivity contribution in [2.75, 3.05) is 13.1 Å². The van der Waals surface area contributed by atoms with Gasteiger partial charge in [0.15, 0.2) is 0 Å². The van der Waals surface area contributed by atoms with Crippen LogP contribution in [0.3, 0.4) is 0 Å². The van der Waals surface area contributed by atoms with Crippen molar-refractivity contribution in [1.29, 1.82) is 0 Å². The Labute approximate surface area is 138 Å². The van der Waals surface area contributed by atoms with E-state index in [0.29, 0.717) is 6.61 Å². The van der Waals surface area contributed by atoms with Crippen molar-refractivity contribution >= 4 is 0 Å². The molecule has 0 unspecified atom stereocenters. The Morgan fingerprint density at radius 2 is 1.61 bits per heavy atom. The molecule has 1 saturated heterocycles. The molecule has 0 bridgehead atoms. The zero-order valence-corrected chi connectivity index (χ0v) is 13.6. The normalized spacial score (nSPS) is 15.5. The van der Waals surface area contributed by atoms with Crippen LogP contribution < -0.4 is 4.74 Å². The Kier molecular flexibility index (Phi) is 5.67. The maximum atomic E-state index is 9.15. The van der Waals surface area contributed by atoms with E-state index in [1.165, 1.54) is 43.5 Å². The van der Waals surface area contributed by atoms with Crippen molar-refractivity contribution in [3.05, 3.63) is 65.2 Å². The fourth-order valence-electron chi connectivity index (χ4n) is 3.02. The molecule has 3 rings (SSSR count). The highest BCUT2D eigenvalue weighted by Gasteiger charge is 2.10. The lowest BCUT2D eigenvalue weighted by Gasteiger charge is -2.26. The zero-order chi connectivity index (χ0) is 15.9. The van der Waals surface area contributed by atoms with E-state index in [1.807, 2.05) is 24.3 Å². The van der Waals surface area contributed by atoms with Gasteiger partial charge >= 0.3 is 0 Å². The van der Waals surface area contributed by atoms with Crippen LogP contribution in [0.4, 0.5) is 0 Å². The van der Waals surface area contributed by atoms with E-state index in [0.717, 1.165) is 17.9 Å². The first kappa shape index (κ1) is 16.0. The number of nitrogens with zero attached hydrogens (tertiary/aromatic N) is 1. The highest BCUT2D eigenvalue weighted by atomic mass is 16.5. The number of hydrogen-bond donors (Lipinski definition) is 1. The Morgan fingerprint density at radius 1 is 0.870 bits per heavy atom. The highest BCUT2D eigenvalue weighted by Crippen LogP contribution is 2.17. The highest BCUT2D eigenvalue weighted by molar-refractivity contribution is 5.29. The molecule has 2 aromatic rings. The van der Waals surface area contributed by atoms with Gasteiger partial charge in [0, 0.05) is 6.54 Å². The van der Waals surface area contributed by atoms with Gasteiger partial charge in [-0.1, -0.05) is 42.8 Å². The van der Waals surface area contributed by atoms with E-state index in [-0.39, 0.29) is 6.61 Å². The molecule has 3 heteroatoms. The molecular weight excluding hydrogens is 286 g/mol. The van der Waals surface area contributed by atoms with Gasteiger partial charge in [0.25, 0.3) is 0 Å². The van der Waals surface area contributed by atoms with Gasteiger partial charge < -0.3 is 9.84 Å². The van der Waals surface area contributed by atoms with Crippen LogP contribution in [0.1, 0.15) is 36.0 Å². The summed E-state index contributed by atoms with van der Waals surface area (Å²) in [6.45, 7) is 4.11. The quantitative estimate of drug-likeness (QED) is 0.882. The van der Waals surface area contributed by atoms with Gasteiger partial charge in [-0.2, -0.15) is 0 Å². The van der Waals surface area contributed by atoms with Crippen LogP contribution in [-0.2, 0) is 19.8 Å². The molecule has 0 aliphatic carbocycles. The summed E-state index contributed by atoms with van der Waals surface area (Å²) < 4.78 is 5.80. The molecule has 1 aliphatic heterocycles. The van der Waals surface area contributed by atoms with Crippen molar-refractivity contribution in [3.8, 4) is 5.75 Å². The number of aliphatic hydroxyl groups is 1. The Morgan fingerprint density at radius 3 is 2.35 bits per heavy atom. The Balaban J connectivity index is 1.52. The van der Waals surface area contributed by atoms with Gasteiger partial charge in [-0.25, -0.2) is 0 Å². The number of likely N-dealkylation sites (tertiary alicyclic amines) is 1. The average molecular weight is 311 g/mol. The lowest BCUT2D eigenvalue weighted by molar-refractivity contribution is 0.221. The summed E-state index contributed by atoms with van der Waals surface area (Å²) in [4.78, 5) is 2.54. The van der Waals surface area contributed by atoms with Crippen LogP contribution >= 0.6 is 0 Å². The zero-order valence-electron chi connectivity index (χ0n) is 13.6. The molecule has 1 fully saturated rings. The number of aliphatic hydroxyl groups excluding tert-OH is 1. The van der Waals surface area contributed by atoms with Crippen molar-refractivity contribution < 1.29 is 9.84 Å². The lowest BCUT2D eigenvalue weighted by Crippen LogP contribution is -2.29. The lowest BCUT2D eigenvalue weighted by atomic mass is 10.1. The molecule has 2 aromatic carbocycles. The topological polar surface area (TPSA) is 32.7 Å². The number of piperidine rings is 1. The average Bonchev–Trinajstić information content (AvgIpc) is 2.62. The largest absolute Gasteiger partial charge is 0.489 e. The van der Waals surface area contributed by atoms with E-state index >= 15 is 0 Å². The van der Waals surface area contributed by atoms with Crippen LogP contribution in [0.15, 0.2) is 48.5 Å². The molecule has 0 spiro atoms. The molecule has 1 N–H and O–H groups in total. The summed E-state index contributed by atoms with van der Waals surface area (Å²) >= 11 is 0. The summed E-state index contributed by atoms with van der Waals surface area (Å²) in [6.07, 6.45) is 4.04. The van der Waals surface area contributed by atoms with Gasteiger partial charge in [-0.05, 0) is 54.8 Å². The van der Waals surface area contributed by atoms with Crippen molar-refractivity contribution in [3.63, 3.8) is 0 Å². The molecule has 1 aliphatic rings. The molecule has 1 heterocycles. The van der Waals surface area contributed by atoms with E-state index in [4.69, 9.17) is 9.84 Å². The molecular formula is C20H25NO2. The molecule has 0 atom stereocenters. The molecule has 0 amide bonds. The maximum absolute atomic E-state index is 9.15. The van der Waals surface area contributed by atoms with Gasteiger partial charge in [-0.3, -0.25) is 4.90 Å². The smallest absolute Gasteiger partial charge is 0.120 e. The van der Waals surface area contributed by atoms with E-state index < -0.39 is 0 Å². The molecule has 0 aromatic heterocycles. The number of benzene rings is 2. The first-order chi connectivity index (χ1) is 11.3. The van der Waals surface area contributed by atoms with Crippen molar-refractivity contribution in [2.24, 2.45) is 0 Å². The third-order valence-corrected chi connectivity index (χ3v) is 4.36.